The van der Waals surface area contributed by atoms with Gasteiger partial charge in [-0.3, -0.25) is 4.79 Å². The van der Waals surface area contributed by atoms with Crippen LogP contribution in [0.5, 0.6) is 0 Å². The molecule has 1 amide bonds. The summed E-state index contributed by atoms with van der Waals surface area (Å²) in [7, 11) is 0. The van der Waals surface area contributed by atoms with Crippen molar-refractivity contribution in [2.45, 2.75) is 45.4 Å². The average molecular weight is 220 g/mol. The SMILES string of the molecule is CC1CCN(C(=O)C2(C#N)CCCC2)CC1. The summed E-state index contributed by atoms with van der Waals surface area (Å²) >= 11 is 0. The van der Waals surface area contributed by atoms with E-state index < -0.39 is 5.41 Å². The molecule has 2 aliphatic rings. The smallest absolute Gasteiger partial charge is 0.243 e. The number of hydrogen-bond donors (Lipinski definition) is 0. The fraction of sp³-hybridized carbons (Fsp3) is 0.846. The van der Waals surface area contributed by atoms with E-state index in [2.05, 4.69) is 13.0 Å². The minimum atomic E-state index is -0.666. The Bertz CT molecular complexity index is 304. The Morgan fingerprint density at radius 3 is 2.38 bits per heavy atom. The largest absolute Gasteiger partial charge is 0.341 e. The van der Waals surface area contributed by atoms with Gasteiger partial charge in [0.1, 0.15) is 5.41 Å². The average Bonchev–Trinajstić information content (AvgIpc) is 2.79. The third-order valence-electron chi connectivity index (χ3n) is 4.15. The van der Waals surface area contributed by atoms with Crippen LogP contribution in [0.25, 0.3) is 0 Å². The topological polar surface area (TPSA) is 44.1 Å². The molecule has 0 bridgehead atoms. The molecule has 0 spiro atoms. The van der Waals surface area contributed by atoms with E-state index in [1.807, 2.05) is 4.90 Å². The van der Waals surface area contributed by atoms with Gasteiger partial charge in [0.15, 0.2) is 0 Å². The minimum absolute atomic E-state index is 0.111. The van der Waals surface area contributed by atoms with E-state index in [0.717, 1.165) is 57.5 Å². The Morgan fingerprint density at radius 1 is 1.31 bits per heavy atom. The summed E-state index contributed by atoms with van der Waals surface area (Å²) < 4.78 is 0. The Hall–Kier alpha value is -1.04. The van der Waals surface area contributed by atoms with Crippen molar-refractivity contribution in [1.29, 1.82) is 5.26 Å². The van der Waals surface area contributed by atoms with Crippen molar-refractivity contribution in [2.75, 3.05) is 13.1 Å². The zero-order chi connectivity index (χ0) is 11.6. The molecule has 0 aromatic rings. The van der Waals surface area contributed by atoms with Crippen LogP contribution >= 0.6 is 0 Å². The van der Waals surface area contributed by atoms with Gasteiger partial charge < -0.3 is 4.90 Å². The molecule has 1 saturated carbocycles. The number of likely N-dealkylation sites (tertiary alicyclic amines) is 1. The van der Waals surface area contributed by atoms with Crippen molar-refractivity contribution in [3.8, 4) is 6.07 Å². The molecule has 88 valence electrons. The van der Waals surface area contributed by atoms with E-state index in [9.17, 15) is 10.1 Å². The van der Waals surface area contributed by atoms with E-state index in [1.54, 1.807) is 0 Å². The molecule has 1 heterocycles. The maximum Gasteiger partial charge on any atom is 0.243 e. The number of carbonyl (C=O) groups excluding carboxylic acids is 1. The second kappa shape index (κ2) is 4.45. The van der Waals surface area contributed by atoms with Crippen molar-refractivity contribution in [3.63, 3.8) is 0 Å². The maximum absolute atomic E-state index is 12.4. The Labute approximate surface area is 97.4 Å². The number of amides is 1. The lowest BCUT2D eigenvalue weighted by Crippen LogP contribution is -2.45. The minimum Gasteiger partial charge on any atom is -0.341 e. The second-order valence-electron chi connectivity index (χ2n) is 5.38. The monoisotopic (exact) mass is 220 g/mol. The van der Waals surface area contributed by atoms with Gasteiger partial charge in [0.25, 0.3) is 0 Å². The van der Waals surface area contributed by atoms with Crippen molar-refractivity contribution in [2.24, 2.45) is 11.3 Å². The lowest BCUT2D eigenvalue weighted by Gasteiger charge is -2.34. The number of rotatable bonds is 1. The summed E-state index contributed by atoms with van der Waals surface area (Å²) in [5, 5.41) is 9.27. The second-order valence-corrected chi connectivity index (χ2v) is 5.38. The van der Waals surface area contributed by atoms with Crippen LogP contribution in [0.1, 0.15) is 45.4 Å². The van der Waals surface area contributed by atoms with Gasteiger partial charge >= 0.3 is 0 Å². The molecule has 0 aromatic heterocycles. The van der Waals surface area contributed by atoms with E-state index in [-0.39, 0.29) is 5.91 Å². The van der Waals surface area contributed by atoms with Gasteiger partial charge in [-0.15, -0.1) is 0 Å². The number of hydrogen-bond acceptors (Lipinski definition) is 2. The summed E-state index contributed by atoms with van der Waals surface area (Å²) in [4.78, 5) is 14.3. The molecular weight excluding hydrogens is 200 g/mol. The van der Waals surface area contributed by atoms with Crippen LogP contribution < -0.4 is 0 Å². The van der Waals surface area contributed by atoms with Crippen LogP contribution in [-0.4, -0.2) is 23.9 Å². The van der Waals surface area contributed by atoms with Gasteiger partial charge in [0.2, 0.25) is 5.91 Å². The molecule has 2 rings (SSSR count). The quantitative estimate of drug-likeness (QED) is 0.680. The first-order valence-corrected chi connectivity index (χ1v) is 6.38. The Morgan fingerprint density at radius 2 is 1.88 bits per heavy atom. The fourth-order valence-corrected chi connectivity index (χ4v) is 2.87. The van der Waals surface area contributed by atoms with Crippen LogP contribution in [0.2, 0.25) is 0 Å². The molecule has 2 fully saturated rings. The van der Waals surface area contributed by atoms with E-state index in [1.165, 1.54) is 0 Å². The van der Waals surface area contributed by atoms with Gasteiger partial charge in [-0.05, 0) is 31.6 Å². The maximum atomic E-state index is 12.4. The summed E-state index contributed by atoms with van der Waals surface area (Å²) in [6.07, 6.45) is 5.79. The first-order chi connectivity index (χ1) is 7.68. The molecule has 1 saturated heterocycles. The van der Waals surface area contributed by atoms with Gasteiger partial charge in [0.05, 0.1) is 6.07 Å². The van der Waals surface area contributed by atoms with Crippen LogP contribution in [0.3, 0.4) is 0 Å². The van der Waals surface area contributed by atoms with Crippen molar-refractivity contribution >= 4 is 5.91 Å². The van der Waals surface area contributed by atoms with Gasteiger partial charge in [0, 0.05) is 13.1 Å². The van der Waals surface area contributed by atoms with Gasteiger partial charge in [-0.25, -0.2) is 0 Å². The molecule has 0 radical (unpaired) electrons. The number of nitriles is 1. The molecule has 0 atom stereocenters. The number of nitrogens with zero attached hydrogens (tertiary/aromatic N) is 2. The fourth-order valence-electron chi connectivity index (χ4n) is 2.87. The van der Waals surface area contributed by atoms with Crippen LogP contribution in [-0.2, 0) is 4.79 Å². The standard InChI is InChI=1S/C13H20N2O/c1-11-4-8-15(9-5-11)12(16)13(10-14)6-2-3-7-13/h11H,2-9H2,1H3. The third-order valence-corrected chi connectivity index (χ3v) is 4.15. The highest BCUT2D eigenvalue weighted by Crippen LogP contribution is 2.39. The van der Waals surface area contributed by atoms with E-state index in [4.69, 9.17) is 0 Å². The zero-order valence-electron chi connectivity index (χ0n) is 10.0. The van der Waals surface area contributed by atoms with Crippen LogP contribution in [0.4, 0.5) is 0 Å². The van der Waals surface area contributed by atoms with Gasteiger partial charge in [-0.2, -0.15) is 5.26 Å². The first-order valence-electron chi connectivity index (χ1n) is 6.38. The highest BCUT2D eigenvalue weighted by molar-refractivity contribution is 5.85. The third kappa shape index (κ3) is 1.93. The van der Waals surface area contributed by atoms with E-state index in [0.29, 0.717) is 0 Å². The molecule has 16 heavy (non-hydrogen) atoms. The molecule has 1 aliphatic carbocycles. The van der Waals surface area contributed by atoms with Crippen LogP contribution in [0, 0.1) is 22.7 Å². The molecule has 3 heteroatoms. The van der Waals surface area contributed by atoms with Crippen LogP contribution in [0.15, 0.2) is 0 Å². The molecule has 1 aliphatic heterocycles. The molecule has 0 N–H and O–H groups in total. The number of carbonyl (C=O) groups is 1. The molecule has 3 nitrogen and oxygen atoms in total. The predicted octanol–water partition coefficient (Wildman–Crippen LogP) is 2.33. The molecule has 0 unspecified atom stereocenters. The van der Waals surface area contributed by atoms with E-state index >= 15 is 0 Å². The summed E-state index contributed by atoms with van der Waals surface area (Å²) in [5.41, 5.74) is -0.666. The molecular formula is C13H20N2O. The molecule has 0 aromatic carbocycles. The van der Waals surface area contributed by atoms with Gasteiger partial charge in [-0.1, -0.05) is 19.8 Å². The Kier molecular flexibility index (Phi) is 3.18. The first kappa shape index (κ1) is 11.4. The number of piperidine rings is 1. The normalized spacial score (nSPS) is 25.4. The lowest BCUT2D eigenvalue weighted by molar-refractivity contribution is -0.140. The highest BCUT2D eigenvalue weighted by atomic mass is 16.2. The highest BCUT2D eigenvalue weighted by Gasteiger charge is 2.44. The summed E-state index contributed by atoms with van der Waals surface area (Å²) in [6.45, 7) is 3.93. The summed E-state index contributed by atoms with van der Waals surface area (Å²) in [5.74, 6) is 0.838. The summed E-state index contributed by atoms with van der Waals surface area (Å²) in [6, 6.07) is 2.29. The van der Waals surface area contributed by atoms with Crippen molar-refractivity contribution < 1.29 is 4.79 Å². The van der Waals surface area contributed by atoms with Crippen molar-refractivity contribution in [1.82, 2.24) is 4.90 Å². The predicted molar refractivity (Wildman–Crippen MR) is 61.5 cm³/mol. The zero-order valence-corrected chi connectivity index (χ0v) is 10.0. The van der Waals surface area contributed by atoms with Crippen molar-refractivity contribution in [3.05, 3.63) is 0 Å². The lowest BCUT2D eigenvalue weighted by atomic mass is 9.85. The Balaban J connectivity index is 2.04.